The minimum atomic E-state index is 0.455. The lowest BCUT2D eigenvalue weighted by atomic mass is 9.68. The molecule has 2 aliphatic rings. The number of nitrogens with one attached hydrogen (secondary N) is 1. The summed E-state index contributed by atoms with van der Waals surface area (Å²) in [5.41, 5.74) is 3.83. The molecule has 0 aromatic heterocycles. The highest BCUT2D eigenvalue weighted by Crippen LogP contribution is 2.62. The van der Waals surface area contributed by atoms with Gasteiger partial charge in [-0.3, -0.25) is 0 Å². The van der Waals surface area contributed by atoms with Crippen LogP contribution in [0.25, 0.3) is 0 Å². The number of rotatable bonds is 4. The van der Waals surface area contributed by atoms with Crippen LogP contribution in [0.4, 0.5) is 0 Å². The fraction of sp³-hybridized carbons (Fsp3) is 0.684. The molecule has 1 nitrogen and oxygen atoms in total. The van der Waals surface area contributed by atoms with Crippen LogP contribution in [-0.2, 0) is 13.0 Å². The molecule has 2 aliphatic carbocycles. The Morgan fingerprint density at radius 2 is 1.75 bits per heavy atom. The Kier molecular flexibility index (Phi) is 3.44. The van der Waals surface area contributed by atoms with Crippen LogP contribution in [-0.4, -0.2) is 6.04 Å². The minimum Gasteiger partial charge on any atom is -0.309 e. The fourth-order valence-electron chi connectivity index (χ4n) is 4.92. The van der Waals surface area contributed by atoms with Gasteiger partial charge in [-0.1, -0.05) is 52.0 Å². The number of hydrogen-bond acceptors (Lipinski definition) is 1. The van der Waals surface area contributed by atoms with Gasteiger partial charge in [-0.15, -0.1) is 0 Å². The second-order valence-electron chi connectivity index (χ2n) is 7.90. The molecule has 1 N–H and O–H groups in total. The topological polar surface area (TPSA) is 12.0 Å². The van der Waals surface area contributed by atoms with Crippen molar-refractivity contribution in [3.05, 3.63) is 35.4 Å². The summed E-state index contributed by atoms with van der Waals surface area (Å²) < 4.78 is 0. The summed E-state index contributed by atoms with van der Waals surface area (Å²) in [5.74, 6) is 0.924. The first-order chi connectivity index (χ1) is 9.45. The van der Waals surface area contributed by atoms with E-state index in [2.05, 4.69) is 57.3 Å². The Morgan fingerprint density at radius 1 is 1.10 bits per heavy atom. The molecule has 0 spiro atoms. The maximum absolute atomic E-state index is 3.90. The molecule has 3 atom stereocenters. The lowest BCUT2D eigenvalue weighted by molar-refractivity contribution is 0.108. The molecule has 0 amide bonds. The van der Waals surface area contributed by atoms with E-state index in [1.807, 2.05) is 0 Å². The first-order valence-electron chi connectivity index (χ1n) is 8.27. The highest BCUT2D eigenvalue weighted by Gasteiger charge is 2.58. The summed E-state index contributed by atoms with van der Waals surface area (Å²) in [6.45, 7) is 10.7. The third kappa shape index (κ3) is 2.20. The Hall–Kier alpha value is -0.820. The van der Waals surface area contributed by atoms with Gasteiger partial charge in [0.25, 0.3) is 0 Å². The molecule has 1 aromatic rings. The highest BCUT2D eigenvalue weighted by molar-refractivity contribution is 5.23. The molecule has 1 aromatic carbocycles. The van der Waals surface area contributed by atoms with Gasteiger partial charge in [0.2, 0.25) is 0 Å². The zero-order chi connectivity index (χ0) is 14.4. The van der Waals surface area contributed by atoms with Gasteiger partial charge in [-0.05, 0) is 53.6 Å². The molecule has 3 unspecified atom stereocenters. The summed E-state index contributed by atoms with van der Waals surface area (Å²) in [6, 6.07) is 9.78. The molecule has 1 heteroatoms. The monoisotopic (exact) mass is 271 g/mol. The summed E-state index contributed by atoms with van der Waals surface area (Å²) in [7, 11) is 0. The van der Waals surface area contributed by atoms with Crippen LogP contribution >= 0.6 is 0 Å². The smallest absolute Gasteiger partial charge is 0.0208 e. The number of aryl methyl sites for hydroxylation is 1. The lowest BCUT2D eigenvalue weighted by Crippen LogP contribution is -2.49. The summed E-state index contributed by atoms with van der Waals surface area (Å²) in [5, 5.41) is 3.90. The van der Waals surface area contributed by atoms with E-state index in [1.54, 1.807) is 0 Å². The van der Waals surface area contributed by atoms with Crippen LogP contribution in [0.15, 0.2) is 24.3 Å². The van der Waals surface area contributed by atoms with Gasteiger partial charge < -0.3 is 5.32 Å². The maximum Gasteiger partial charge on any atom is 0.0208 e. The predicted molar refractivity (Wildman–Crippen MR) is 85.7 cm³/mol. The molecule has 2 bridgehead atoms. The summed E-state index contributed by atoms with van der Waals surface area (Å²) >= 11 is 0. The van der Waals surface area contributed by atoms with E-state index in [4.69, 9.17) is 0 Å². The van der Waals surface area contributed by atoms with Crippen LogP contribution in [0.3, 0.4) is 0 Å². The Morgan fingerprint density at radius 3 is 2.30 bits per heavy atom. The maximum atomic E-state index is 3.90. The van der Waals surface area contributed by atoms with Gasteiger partial charge in [0, 0.05) is 12.6 Å². The van der Waals surface area contributed by atoms with Crippen LogP contribution in [0.5, 0.6) is 0 Å². The lowest BCUT2D eigenvalue weighted by Gasteiger charge is -2.43. The molecule has 0 heterocycles. The zero-order valence-electron chi connectivity index (χ0n) is 13.5. The van der Waals surface area contributed by atoms with E-state index in [9.17, 15) is 0 Å². The number of fused-ring (bicyclic) bond motifs is 2. The molecule has 0 aliphatic heterocycles. The Balaban J connectivity index is 1.68. The minimum absolute atomic E-state index is 0.455. The molecule has 110 valence electrons. The zero-order valence-corrected chi connectivity index (χ0v) is 13.5. The van der Waals surface area contributed by atoms with Gasteiger partial charge in [0.1, 0.15) is 0 Å². The second kappa shape index (κ2) is 4.87. The van der Waals surface area contributed by atoms with Gasteiger partial charge in [0.15, 0.2) is 0 Å². The van der Waals surface area contributed by atoms with Gasteiger partial charge >= 0.3 is 0 Å². The standard InChI is InChI=1S/C19H29N/c1-5-14-6-8-15(9-7-14)13-20-17-18(2,3)16-10-11-19(17,4)12-16/h6-9,16-17,20H,5,10-13H2,1-4H3. The largest absolute Gasteiger partial charge is 0.309 e. The van der Waals surface area contributed by atoms with Gasteiger partial charge in [-0.25, -0.2) is 0 Å². The molecule has 20 heavy (non-hydrogen) atoms. The predicted octanol–water partition coefficient (Wildman–Crippen LogP) is 4.55. The van der Waals surface area contributed by atoms with Crippen molar-refractivity contribution in [1.82, 2.24) is 5.32 Å². The second-order valence-corrected chi connectivity index (χ2v) is 7.90. The van der Waals surface area contributed by atoms with E-state index in [0.29, 0.717) is 16.9 Å². The van der Waals surface area contributed by atoms with E-state index < -0.39 is 0 Å². The number of hydrogen-bond donors (Lipinski definition) is 1. The molecule has 2 saturated carbocycles. The average Bonchev–Trinajstić information content (AvgIpc) is 2.90. The van der Waals surface area contributed by atoms with E-state index in [-0.39, 0.29) is 0 Å². The molecular weight excluding hydrogens is 242 g/mol. The van der Waals surface area contributed by atoms with Gasteiger partial charge in [0.05, 0.1) is 0 Å². The van der Waals surface area contributed by atoms with Gasteiger partial charge in [-0.2, -0.15) is 0 Å². The average molecular weight is 271 g/mol. The van der Waals surface area contributed by atoms with Crippen LogP contribution in [0.2, 0.25) is 0 Å². The van der Waals surface area contributed by atoms with Crippen LogP contribution in [0.1, 0.15) is 58.1 Å². The SMILES string of the molecule is CCc1ccc(CNC2C3(C)CCC(C3)C2(C)C)cc1. The number of benzene rings is 1. The van der Waals surface area contributed by atoms with Crippen molar-refractivity contribution in [2.75, 3.05) is 0 Å². The quantitative estimate of drug-likeness (QED) is 0.847. The normalized spacial score (nSPS) is 34.6. The van der Waals surface area contributed by atoms with Crippen LogP contribution in [0, 0.1) is 16.7 Å². The van der Waals surface area contributed by atoms with Crippen molar-refractivity contribution in [3.8, 4) is 0 Å². The van der Waals surface area contributed by atoms with Crippen molar-refractivity contribution >= 4 is 0 Å². The fourth-order valence-corrected chi connectivity index (χ4v) is 4.92. The Bertz CT molecular complexity index is 468. The van der Waals surface area contributed by atoms with Crippen LogP contribution < -0.4 is 5.32 Å². The molecular formula is C19H29N. The van der Waals surface area contributed by atoms with E-state index in [1.165, 1.54) is 30.4 Å². The van der Waals surface area contributed by atoms with Crippen molar-refractivity contribution in [1.29, 1.82) is 0 Å². The van der Waals surface area contributed by atoms with E-state index in [0.717, 1.165) is 18.9 Å². The van der Waals surface area contributed by atoms with Crippen molar-refractivity contribution < 1.29 is 0 Å². The first-order valence-corrected chi connectivity index (χ1v) is 8.27. The summed E-state index contributed by atoms with van der Waals surface area (Å²) in [4.78, 5) is 0. The molecule has 0 radical (unpaired) electrons. The highest BCUT2D eigenvalue weighted by atomic mass is 15.0. The van der Waals surface area contributed by atoms with Crippen molar-refractivity contribution in [2.24, 2.45) is 16.7 Å². The molecule has 2 fully saturated rings. The summed E-state index contributed by atoms with van der Waals surface area (Å²) in [6.07, 6.45) is 5.40. The first kappa shape index (κ1) is 14.1. The van der Waals surface area contributed by atoms with Crippen molar-refractivity contribution in [2.45, 2.75) is 66.0 Å². The Labute approximate surface area is 124 Å². The van der Waals surface area contributed by atoms with E-state index >= 15 is 0 Å². The molecule has 3 rings (SSSR count). The third-order valence-corrected chi connectivity index (χ3v) is 6.21. The third-order valence-electron chi connectivity index (χ3n) is 6.21. The molecule has 0 saturated heterocycles. The van der Waals surface area contributed by atoms with Crippen molar-refractivity contribution in [3.63, 3.8) is 0 Å².